The quantitative estimate of drug-likeness (QED) is 0.638. The molecule has 9 heteroatoms. The number of carboxylic acid groups (broad SMARTS) is 1. The van der Waals surface area contributed by atoms with Crippen molar-refractivity contribution in [3.05, 3.63) is 59.7 Å². The summed E-state index contributed by atoms with van der Waals surface area (Å²) in [5.41, 5.74) is 4.11. The van der Waals surface area contributed by atoms with Gasteiger partial charge in [0.15, 0.2) is 0 Å². The first-order valence-corrected chi connectivity index (χ1v) is 11.3. The lowest BCUT2D eigenvalue weighted by Gasteiger charge is -2.33. The van der Waals surface area contributed by atoms with Crippen molar-refractivity contribution in [1.82, 2.24) is 10.2 Å². The molecule has 0 aromatic heterocycles. The number of carbonyl (C=O) groups excluding carboxylic acids is 2. The number of hydrogen-bond donors (Lipinski definition) is 2. The van der Waals surface area contributed by atoms with Gasteiger partial charge < -0.3 is 20.1 Å². The Bertz CT molecular complexity index is 1030. The van der Waals surface area contributed by atoms with Gasteiger partial charge in [0.1, 0.15) is 12.6 Å². The number of alkyl halides is 2. The number of rotatable bonds is 7. The van der Waals surface area contributed by atoms with Crippen LogP contribution in [0.2, 0.25) is 0 Å². The zero-order chi connectivity index (χ0) is 24.2. The van der Waals surface area contributed by atoms with Crippen molar-refractivity contribution < 1.29 is 33.0 Å². The number of aliphatic carboxylic acids is 1. The van der Waals surface area contributed by atoms with Gasteiger partial charge in [-0.05, 0) is 35.1 Å². The van der Waals surface area contributed by atoms with Crippen molar-refractivity contribution in [2.75, 3.05) is 19.7 Å². The molecular weight excluding hydrogens is 446 g/mol. The number of fused-ring (bicyclic) bond motifs is 3. The number of alkyl carbamates (subject to hydrolysis) is 1. The molecule has 0 bridgehead atoms. The first-order valence-electron chi connectivity index (χ1n) is 11.3. The molecule has 34 heavy (non-hydrogen) atoms. The third kappa shape index (κ3) is 5.03. The standard InChI is InChI=1S/C25H26F2N2O5/c26-22(27)12-21(23(30)29-11-5-6-15(13-29)24(31)32)28-25(33)34-14-20-18-9-3-1-7-16(18)17-8-2-4-10-19(17)20/h1-4,7-10,15,20-22H,5-6,11-14H2,(H,28,33)(H,31,32)/t15-,21?/m1/s1. The van der Waals surface area contributed by atoms with Crippen LogP contribution in [0, 0.1) is 5.92 Å². The van der Waals surface area contributed by atoms with Crippen LogP contribution in [0.15, 0.2) is 48.5 Å². The van der Waals surface area contributed by atoms with Gasteiger partial charge in [-0.2, -0.15) is 0 Å². The lowest BCUT2D eigenvalue weighted by atomic mass is 9.97. The minimum Gasteiger partial charge on any atom is -0.481 e. The maximum absolute atomic E-state index is 13.2. The zero-order valence-corrected chi connectivity index (χ0v) is 18.5. The fourth-order valence-corrected chi connectivity index (χ4v) is 4.78. The lowest BCUT2D eigenvalue weighted by Crippen LogP contribution is -2.52. The number of benzene rings is 2. The highest BCUT2D eigenvalue weighted by molar-refractivity contribution is 5.86. The van der Waals surface area contributed by atoms with Crippen LogP contribution in [0.1, 0.15) is 36.3 Å². The molecule has 2 aromatic rings. The largest absolute Gasteiger partial charge is 0.481 e. The number of carboxylic acids is 1. The topological polar surface area (TPSA) is 95.9 Å². The van der Waals surface area contributed by atoms with Gasteiger partial charge in [-0.1, -0.05) is 48.5 Å². The highest BCUT2D eigenvalue weighted by Crippen LogP contribution is 2.44. The van der Waals surface area contributed by atoms with Crippen LogP contribution >= 0.6 is 0 Å². The fraction of sp³-hybridized carbons (Fsp3) is 0.400. The number of amides is 2. The van der Waals surface area contributed by atoms with E-state index in [1.165, 1.54) is 4.90 Å². The van der Waals surface area contributed by atoms with E-state index in [9.17, 15) is 28.3 Å². The van der Waals surface area contributed by atoms with Crippen molar-refractivity contribution in [3.8, 4) is 11.1 Å². The summed E-state index contributed by atoms with van der Waals surface area (Å²) >= 11 is 0. The highest BCUT2D eigenvalue weighted by atomic mass is 19.3. The van der Waals surface area contributed by atoms with Crippen LogP contribution in [0.4, 0.5) is 13.6 Å². The van der Waals surface area contributed by atoms with Gasteiger partial charge in [0, 0.05) is 25.4 Å². The van der Waals surface area contributed by atoms with Gasteiger partial charge >= 0.3 is 12.1 Å². The fourth-order valence-electron chi connectivity index (χ4n) is 4.78. The first-order chi connectivity index (χ1) is 16.3. The van der Waals surface area contributed by atoms with E-state index in [0.717, 1.165) is 22.3 Å². The van der Waals surface area contributed by atoms with E-state index < -0.39 is 42.8 Å². The van der Waals surface area contributed by atoms with Crippen LogP contribution < -0.4 is 5.32 Å². The molecule has 0 radical (unpaired) electrons. The molecule has 1 unspecified atom stereocenters. The second kappa shape index (κ2) is 10.2. The number of ether oxygens (including phenoxy) is 1. The summed E-state index contributed by atoms with van der Waals surface area (Å²) in [6, 6.07) is 14.1. The second-order valence-corrected chi connectivity index (χ2v) is 8.61. The van der Waals surface area contributed by atoms with E-state index in [4.69, 9.17) is 4.74 Å². The third-order valence-electron chi connectivity index (χ3n) is 6.43. The Labute approximate surface area is 195 Å². The number of hydrogen-bond acceptors (Lipinski definition) is 4. The van der Waals surface area contributed by atoms with E-state index in [2.05, 4.69) is 5.32 Å². The number of carbonyl (C=O) groups is 3. The molecule has 1 saturated heterocycles. The summed E-state index contributed by atoms with van der Waals surface area (Å²) < 4.78 is 31.7. The molecule has 2 atom stereocenters. The van der Waals surface area contributed by atoms with Crippen LogP contribution in [0.3, 0.4) is 0 Å². The molecule has 7 nitrogen and oxygen atoms in total. The van der Waals surface area contributed by atoms with Crippen molar-refractivity contribution in [2.24, 2.45) is 5.92 Å². The molecule has 1 fully saturated rings. The van der Waals surface area contributed by atoms with Gasteiger partial charge in [-0.15, -0.1) is 0 Å². The molecular formula is C25H26F2N2O5. The number of nitrogens with one attached hydrogen (secondary N) is 1. The van der Waals surface area contributed by atoms with Gasteiger partial charge in [-0.25, -0.2) is 13.6 Å². The third-order valence-corrected chi connectivity index (χ3v) is 6.43. The zero-order valence-electron chi connectivity index (χ0n) is 18.5. The number of halogens is 2. The minimum atomic E-state index is -2.83. The minimum absolute atomic E-state index is 0.0136. The number of nitrogens with zero attached hydrogens (tertiary/aromatic N) is 1. The molecule has 1 heterocycles. The average Bonchev–Trinajstić information content (AvgIpc) is 3.15. The van der Waals surface area contributed by atoms with Crippen molar-refractivity contribution in [2.45, 2.75) is 37.6 Å². The van der Waals surface area contributed by atoms with E-state index in [-0.39, 0.29) is 25.6 Å². The lowest BCUT2D eigenvalue weighted by molar-refractivity contribution is -0.146. The van der Waals surface area contributed by atoms with E-state index in [0.29, 0.717) is 12.8 Å². The first kappa shape index (κ1) is 23.7. The molecule has 0 saturated carbocycles. The normalized spacial score (nSPS) is 18.2. The Hall–Kier alpha value is -3.49. The van der Waals surface area contributed by atoms with E-state index in [1.54, 1.807) is 0 Å². The van der Waals surface area contributed by atoms with Crippen molar-refractivity contribution in [3.63, 3.8) is 0 Å². The monoisotopic (exact) mass is 472 g/mol. The second-order valence-electron chi connectivity index (χ2n) is 8.61. The summed E-state index contributed by atoms with van der Waals surface area (Å²) in [6.07, 6.45) is -3.80. The Morgan fingerprint density at radius 1 is 1.06 bits per heavy atom. The van der Waals surface area contributed by atoms with Crippen LogP contribution in [-0.2, 0) is 14.3 Å². The summed E-state index contributed by atoms with van der Waals surface area (Å²) in [5, 5.41) is 11.5. The van der Waals surface area contributed by atoms with Gasteiger partial charge in [0.05, 0.1) is 5.92 Å². The molecule has 4 rings (SSSR count). The van der Waals surface area contributed by atoms with Crippen molar-refractivity contribution >= 4 is 18.0 Å². The smallest absolute Gasteiger partial charge is 0.407 e. The van der Waals surface area contributed by atoms with E-state index >= 15 is 0 Å². The Kier molecular flexibility index (Phi) is 7.09. The predicted molar refractivity (Wildman–Crippen MR) is 120 cm³/mol. The van der Waals surface area contributed by atoms with E-state index in [1.807, 2.05) is 48.5 Å². The average molecular weight is 472 g/mol. The maximum Gasteiger partial charge on any atom is 0.407 e. The predicted octanol–water partition coefficient (Wildman–Crippen LogP) is 3.87. The van der Waals surface area contributed by atoms with Gasteiger partial charge in [0.25, 0.3) is 0 Å². The van der Waals surface area contributed by atoms with Crippen molar-refractivity contribution in [1.29, 1.82) is 0 Å². The Morgan fingerprint density at radius 2 is 1.68 bits per heavy atom. The van der Waals surface area contributed by atoms with Crippen LogP contribution in [0.5, 0.6) is 0 Å². The molecule has 1 aliphatic heterocycles. The Morgan fingerprint density at radius 3 is 2.26 bits per heavy atom. The molecule has 2 aliphatic rings. The maximum atomic E-state index is 13.2. The summed E-state index contributed by atoms with van der Waals surface area (Å²) in [4.78, 5) is 37.9. The Balaban J connectivity index is 1.42. The molecule has 0 spiro atoms. The van der Waals surface area contributed by atoms with Crippen LogP contribution in [0.25, 0.3) is 11.1 Å². The number of piperidine rings is 1. The van der Waals surface area contributed by atoms with Gasteiger partial charge in [-0.3, -0.25) is 9.59 Å². The summed E-state index contributed by atoms with van der Waals surface area (Å²) in [5.74, 6) is -2.72. The highest BCUT2D eigenvalue weighted by Gasteiger charge is 2.35. The van der Waals surface area contributed by atoms with Crippen LogP contribution in [-0.4, -0.2) is 60.1 Å². The SMILES string of the molecule is O=C(NC(CC(F)F)C(=O)N1CCC[C@@H](C(=O)O)C1)OCC1c2ccccc2-c2ccccc21. The summed E-state index contributed by atoms with van der Waals surface area (Å²) in [6.45, 7) is 0.176. The number of likely N-dealkylation sites (tertiary alicyclic amines) is 1. The molecule has 2 aromatic carbocycles. The summed E-state index contributed by atoms with van der Waals surface area (Å²) in [7, 11) is 0. The molecule has 2 N–H and O–H groups in total. The molecule has 180 valence electrons. The molecule has 2 amide bonds. The molecule has 1 aliphatic carbocycles. The van der Waals surface area contributed by atoms with Gasteiger partial charge in [0.2, 0.25) is 12.3 Å².